The van der Waals surface area contributed by atoms with Gasteiger partial charge in [0.05, 0.1) is 26.2 Å². The summed E-state index contributed by atoms with van der Waals surface area (Å²) in [5.74, 6) is 0. The van der Waals surface area contributed by atoms with Crippen LogP contribution in [0.3, 0.4) is 0 Å². The van der Waals surface area contributed by atoms with Crippen LogP contribution in [-0.4, -0.2) is 49.1 Å². The summed E-state index contributed by atoms with van der Waals surface area (Å²) < 4.78 is 60.3. The molecule has 1 fully saturated rings. The summed E-state index contributed by atoms with van der Waals surface area (Å²) >= 11 is 0. The fourth-order valence-electron chi connectivity index (χ4n) is 2.96. The van der Waals surface area contributed by atoms with Gasteiger partial charge in [0.2, 0.25) is 0 Å². The van der Waals surface area contributed by atoms with E-state index in [1.807, 2.05) is 0 Å². The molecule has 0 aliphatic carbocycles. The molecule has 0 saturated carbocycles. The summed E-state index contributed by atoms with van der Waals surface area (Å²) in [5, 5.41) is 0. The van der Waals surface area contributed by atoms with Crippen LogP contribution in [0, 0.1) is 0 Å². The van der Waals surface area contributed by atoms with E-state index in [1.54, 1.807) is 0 Å². The molecule has 4 nitrogen and oxygen atoms in total. The van der Waals surface area contributed by atoms with E-state index in [9.17, 15) is 13.2 Å². The van der Waals surface area contributed by atoms with Crippen LogP contribution in [0.1, 0.15) is 58.8 Å². The Morgan fingerprint density at radius 2 is 1.55 bits per heavy atom. The molecule has 1 aliphatic rings. The SMILES string of the molecule is CCCCC(CCC)[N+]1(C)CCCC1.O=S(=O)([O-])C(F)(F)F. The lowest BCUT2D eigenvalue weighted by atomic mass is 10.0. The molecule has 1 rings (SSSR count). The van der Waals surface area contributed by atoms with Gasteiger partial charge in [0.25, 0.3) is 0 Å². The van der Waals surface area contributed by atoms with Crippen molar-refractivity contribution in [1.29, 1.82) is 0 Å². The highest BCUT2D eigenvalue weighted by molar-refractivity contribution is 7.86. The Morgan fingerprint density at radius 3 is 1.86 bits per heavy atom. The molecule has 1 atom stereocenters. The van der Waals surface area contributed by atoms with Crippen molar-refractivity contribution in [3.8, 4) is 0 Å². The number of nitrogens with zero attached hydrogens (tertiary/aromatic N) is 1. The molecule has 0 aromatic carbocycles. The zero-order chi connectivity index (χ0) is 17.4. The van der Waals surface area contributed by atoms with Crippen LogP contribution >= 0.6 is 0 Å². The third-order valence-corrected chi connectivity index (χ3v) is 4.83. The highest BCUT2D eigenvalue weighted by Gasteiger charge is 2.37. The summed E-state index contributed by atoms with van der Waals surface area (Å²) in [5.41, 5.74) is -5.65. The van der Waals surface area contributed by atoms with Crippen molar-refractivity contribution < 1.29 is 30.6 Å². The standard InChI is InChI=1S/C13H28N.CHF3O3S/c1-4-6-10-13(9-5-2)14(3)11-7-8-12-14;2-1(3,4)8(5,6)7/h13H,4-12H2,1-3H3;(H,5,6,7)/q+1;/p-1. The fraction of sp³-hybridized carbons (Fsp3) is 1.00. The summed E-state index contributed by atoms with van der Waals surface area (Å²) in [4.78, 5) is 0. The monoisotopic (exact) mass is 347 g/mol. The first-order valence-electron chi connectivity index (χ1n) is 7.84. The van der Waals surface area contributed by atoms with Gasteiger partial charge in [-0.1, -0.05) is 26.7 Å². The highest BCUT2D eigenvalue weighted by atomic mass is 32.2. The van der Waals surface area contributed by atoms with Crippen molar-refractivity contribution in [1.82, 2.24) is 0 Å². The van der Waals surface area contributed by atoms with Gasteiger partial charge in [0.1, 0.15) is 0 Å². The van der Waals surface area contributed by atoms with Crippen LogP contribution in [-0.2, 0) is 10.1 Å². The smallest absolute Gasteiger partial charge is 0.485 e. The number of quaternary nitrogens is 1. The van der Waals surface area contributed by atoms with Crippen molar-refractivity contribution in [3.05, 3.63) is 0 Å². The number of halogens is 3. The molecule has 134 valence electrons. The Bertz CT molecular complexity index is 404. The lowest BCUT2D eigenvalue weighted by Gasteiger charge is -2.38. The van der Waals surface area contributed by atoms with E-state index in [1.165, 1.54) is 62.5 Å². The van der Waals surface area contributed by atoms with Crippen molar-refractivity contribution in [2.45, 2.75) is 70.3 Å². The molecule has 0 amide bonds. The second-order valence-corrected chi connectivity index (χ2v) is 7.49. The molecule has 1 saturated heterocycles. The molecule has 0 N–H and O–H groups in total. The first-order chi connectivity index (χ1) is 9.98. The molecular weight excluding hydrogens is 319 g/mol. The average molecular weight is 347 g/mol. The van der Waals surface area contributed by atoms with Gasteiger partial charge < -0.3 is 9.04 Å². The van der Waals surface area contributed by atoms with Crippen molar-refractivity contribution in [2.24, 2.45) is 0 Å². The fourth-order valence-corrected chi connectivity index (χ4v) is 2.96. The van der Waals surface area contributed by atoms with Crippen LogP contribution in [0.25, 0.3) is 0 Å². The summed E-state index contributed by atoms with van der Waals surface area (Å²) in [6.07, 6.45) is 9.98. The van der Waals surface area contributed by atoms with Crippen LogP contribution in [0.15, 0.2) is 0 Å². The molecule has 0 radical (unpaired) electrons. The minimum absolute atomic E-state index is 0.961. The van der Waals surface area contributed by atoms with Gasteiger partial charge in [-0.05, 0) is 19.3 Å². The van der Waals surface area contributed by atoms with Gasteiger partial charge in [-0.3, -0.25) is 0 Å². The average Bonchev–Trinajstić information content (AvgIpc) is 2.81. The summed E-state index contributed by atoms with van der Waals surface area (Å²) in [7, 11) is -3.60. The molecule has 1 unspecified atom stereocenters. The number of rotatable bonds is 6. The first-order valence-corrected chi connectivity index (χ1v) is 9.25. The van der Waals surface area contributed by atoms with Crippen LogP contribution in [0.2, 0.25) is 0 Å². The van der Waals surface area contributed by atoms with E-state index in [0.717, 1.165) is 6.04 Å². The number of alkyl halides is 3. The van der Waals surface area contributed by atoms with Crippen molar-refractivity contribution >= 4 is 10.1 Å². The Kier molecular flexibility index (Phi) is 8.94. The minimum Gasteiger partial charge on any atom is -0.741 e. The van der Waals surface area contributed by atoms with E-state index >= 15 is 0 Å². The van der Waals surface area contributed by atoms with Gasteiger partial charge in [-0.25, -0.2) is 8.42 Å². The van der Waals surface area contributed by atoms with Gasteiger partial charge in [-0.15, -0.1) is 0 Å². The maximum Gasteiger partial charge on any atom is 0.485 e. The van der Waals surface area contributed by atoms with Crippen LogP contribution in [0.4, 0.5) is 13.2 Å². The van der Waals surface area contributed by atoms with Crippen molar-refractivity contribution in [2.75, 3.05) is 20.1 Å². The van der Waals surface area contributed by atoms with Crippen LogP contribution in [0.5, 0.6) is 0 Å². The van der Waals surface area contributed by atoms with Gasteiger partial charge in [0, 0.05) is 12.8 Å². The number of likely N-dealkylation sites (tertiary alicyclic amines) is 1. The molecule has 0 spiro atoms. The predicted molar refractivity (Wildman–Crippen MR) is 79.1 cm³/mol. The van der Waals surface area contributed by atoms with Gasteiger partial charge in [-0.2, -0.15) is 13.2 Å². The largest absolute Gasteiger partial charge is 0.741 e. The lowest BCUT2D eigenvalue weighted by Crippen LogP contribution is -2.49. The normalized spacial score (nSPS) is 19.4. The van der Waals surface area contributed by atoms with Gasteiger partial charge in [0.15, 0.2) is 10.1 Å². The summed E-state index contributed by atoms with van der Waals surface area (Å²) in [6.45, 7) is 7.52. The molecule has 0 bridgehead atoms. The lowest BCUT2D eigenvalue weighted by molar-refractivity contribution is -0.923. The maximum atomic E-state index is 10.7. The van der Waals surface area contributed by atoms with E-state index in [0.29, 0.717) is 0 Å². The van der Waals surface area contributed by atoms with Gasteiger partial charge >= 0.3 is 5.51 Å². The molecule has 0 aromatic rings. The topological polar surface area (TPSA) is 57.2 Å². The highest BCUT2D eigenvalue weighted by Crippen LogP contribution is 2.27. The third-order valence-electron chi connectivity index (χ3n) is 4.27. The van der Waals surface area contributed by atoms with E-state index < -0.39 is 15.6 Å². The third kappa shape index (κ3) is 7.28. The zero-order valence-electron chi connectivity index (χ0n) is 13.7. The molecule has 8 heteroatoms. The Labute approximate surface area is 132 Å². The summed E-state index contributed by atoms with van der Waals surface area (Å²) in [6, 6.07) is 0.961. The Balaban J connectivity index is 0.000000472. The minimum atomic E-state index is -6.09. The zero-order valence-corrected chi connectivity index (χ0v) is 14.5. The molecule has 0 aromatic heterocycles. The van der Waals surface area contributed by atoms with E-state index in [2.05, 4.69) is 20.9 Å². The van der Waals surface area contributed by atoms with Crippen LogP contribution < -0.4 is 0 Å². The van der Waals surface area contributed by atoms with E-state index in [-0.39, 0.29) is 0 Å². The maximum absolute atomic E-state index is 10.7. The first kappa shape index (κ1) is 21.7. The molecule has 1 aliphatic heterocycles. The molecule has 22 heavy (non-hydrogen) atoms. The van der Waals surface area contributed by atoms with E-state index in [4.69, 9.17) is 13.0 Å². The second kappa shape index (κ2) is 9.08. The number of hydrogen-bond acceptors (Lipinski definition) is 3. The van der Waals surface area contributed by atoms with Crippen molar-refractivity contribution in [3.63, 3.8) is 0 Å². The molecule has 1 heterocycles. The second-order valence-electron chi connectivity index (χ2n) is 6.12. The Hall–Kier alpha value is -0.340. The quantitative estimate of drug-likeness (QED) is 0.419. The number of hydrogen-bond donors (Lipinski definition) is 0. The number of unbranched alkanes of at least 4 members (excludes halogenated alkanes) is 1. The molecular formula is C14H28F3NO3S. The predicted octanol–water partition coefficient (Wildman–Crippen LogP) is 3.64. The Morgan fingerprint density at radius 1 is 1.09 bits per heavy atom.